The molecule has 0 aliphatic rings. The van der Waals surface area contributed by atoms with Crippen LogP contribution in [0.5, 0.6) is 5.75 Å². The fourth-order valence-electron chi connectivity index (χ4n) is 2.88. The van der Waals surface area contributed by atoms with Crippen LogP contribution in [-0.4, -0.2) is 30.0 Å². The largest absolute Gasteiger partial charge is 0.497 e. The summed E-state index contributed by atoms with van der Waals surface area (Å²) >= 11 is 0. The molecule has 0 spiro atoms. The molecule has 26 heavy (non-hydrogen) atoms. The van der Waals surface area contributed by atoms with Crippen LogP contribution in [0.4, 0.5) is 4.39 Å². The lowest BCUT2D eigenvalue weighted by Gasteiger charge is -2.05. The lowest BCUT2D eigenvalue weighted by molar-refractivity contribution is -0.118. The van der Waals surface area contributed by atoms with E-state index < -0.39 is 0 Å². The van der Waals surface area contributed by atoms with E-state index in [1.165, 1.54) is 31.2 Å². The van der Waals surface area contributed by atoms with Crippen LogP contribution in [0.2, 0.25) is 0 Å². The van der Waals surface area contributed by atoms with E-state index in [-0.39, 0.29) is 17.6 Å². The molecule has 6 heteroatoms. The Hall–Kier alpha value is -3.15. The van der Waals surface area contributed by atoms with Gasteiger partial charge in [0.1, 0.15) is 11.6 Å². The minimum atomic E-state index is -0.389. The Balaban J connectivity index is 2.02. The molecule has 0 saturated heterocycles. The average Bonchev–Trinajstić information content (AvgIpc) is 2.99. The van der Waals surface area contributed by atoms with Gasteiger partial charge in [-0.3, -0.25) is 14.2 Å². The minimum Gasteiger partial charge on any atom is -0.497 e. The molecule has 0 fully saturated rings. The van der Waals surface area contributed by atoms with Crippen LogP contribution in [0, 0.1) is 5.82 Å². The van der Waals surface area contributed by atoms with Crippen LogP contribution in [0.3, 0.4) is 0 Å². The third-order valence-corrected chi connectivity index (χ3v) is 4.17. The summed E-state index contributed by atoms with van der Waals surface area (Å²) in [5.74, 6) is -0.0513. The SMILES string of the molecule is COc1ccc2c(c1)c(CCNC(C)=O)cn2C(=O)c1ccc(F)cc1. The minimum absolute atomic E-state index is 0.103. The highest BCUT2D eigenvalue weighted by Gasteiger charge is 2.16. The molecule has 3 aromatic rings. The number of benzene rings is 2. The number of aromatic nitrogens is 1. The Bertz CT molecular complexity index is 961. The first-order chi connectivity index (χ1) is 12.5. The van der Waals surface area contributed by atoms with E-state index in [1.54, 1.807) is 23.9 Å². The summed E-state index contributed by atoms with van der Waals surface area (Å²) in [6, 6.07) is 10.9. The summed E-state index contributed by atoms with van der Waals surface area (Å²) in [4.78, 5) is 24.0. The molecule has 0 aliphatic heterocycles. The Morgan fingerprint density at radius 3 is 2.54 bits per heavy atom. The van der Waals surface area contributed by atoms with Gasteiger partial charge in [0.2, 0.25) is 5.91 Å². The first-order valence-corrected chi connectivity index (χ1v) is 8.22. The highest BCUT2D eigenvalue weighted by molar-refractivity contribution is 6.03. The predicted molar refractivity (Wildman–Crippen MR) is 97.0 cm³/mol. The van der Waals surface area contributed by atoms with E-state index in [0.717, 1.165) is 16.5 Å². The van der Waals surface area contributed by atoms with Crippen LogP contribution in [0.25, 0.3) is 10.9 Å². The van der Waals surface area contributed by atoms with Gasteiger partial charge in [0, 0.05) is 30.6 Å². The van der Waals surface area contributed by atoms with Crippen molar-refractivity contribution in [2.75, 3.05) is 13.7 Å². The van der Waals surface area contributed by atoms with E-state index in [2.05, 4.69) is 5.32 Å². The quantitative estimate of drug-likeness (QED) is 0.766. The van der Waals surface area contributed by atoms with Crippen LogP contribution >= 0.6 is 0 Å². The van der Waals surface area contributed by atoms with Crippen molar-refractivity contribution in [1.82, 2.24) is 9.88 Å². The number of nitrogens with zero attached hydrogens (tertiary/aromatic N) is 1. The molecule has 1 heterocycles. The van der Waals surface area contributed by atoms with Gasteiger partial charge >= 0.3 is 0 Å². The standard InChI is InChI=1S/C20H19FN2O3/c1-13(24)22-10-9-15-12-23(19-8-7-17(26-2)11-18(15)19)20(25)14-3-5-16(21)6-4-14/h3-8,11-12H,9-10H2,1-2H3,(H,22,24). The molecule has 0 saturated carbocycles. The maximum Gasteiger partial charge on any atom is 0.262 e. The van der Waals surface area contributed by atoms with Crippen molar-refractivity contribution in [1.29, 1.82) is 0 Å². The summed E-state index contributed by atoms with van der Waals surface area (Å²) in [6.07, 6.45) is 2.34. The van der Waals surface area contributed by atoms with Gasteiger partial charge in [-0.05, 0) is 54.4 Å². The van der Waals surface area contributed by atoms with Crippen molar-refractivity contribution in [3.05, 3.63) is 65.6 Å². The number of carbonyl (C=O) groups is 2. The molecule has 5 nitrogen and oxygen atoms in total. The summed E-state index contributed by atoms with van der Waals surface area (Å²) in [5, 5.41) is 3.64. The van der Waals surface area contributed by atoms with E-state index >= 15 is 0 Å². The highest BCUT2D eigenvalue weighted by atomic mass is 19.1. The predicted octanol–water partition coefficient (Wildman–Crippen LogP) is 3.16. The molecule has 2 aromatic carbocycles. The monoisotopic (exact) mass is 354 g/mol. The maximum atomic E-state index is 13.1. The van der Waals surface area contributed by atoms with Crippen molar-refractivity contribution in [3.8, 4) is 5.75 Å². The van der Waals surface area contributed by atoms with Crippen LogP contribution in [0.1, 0.15) is 22.8 Å². The van der Waals surface area contributed by atoms with Crippen LogP contribution < -0.4 is 10.1 Å². The molecule has 134 valence electrons. The molecule has 3 rings (SSSR count). The second kappa shape index (κ2) is 7.39. The summed E-state index contributed by atoms with van der Waals surface area (Å²) in [7, 11) is 1.58. The molecule has 1 amide bonds. The molecule has 0 aliphatic carbocycles. The zero-order chi connectivity index (χ0) is 18.7. The molecule has 1 aromatic heterocycles. The Morgan fingerprint density at radius 1 is 1.15 bits per heavy atom. The van der Waals surface area contributed by atoms with Crippen molar-refractivity contribution in [3.63, 3.8) is 0 Å². The van der Waals surface area contributed by atoms with Crippen LogP contribution in [-0.2, 0) is 11.2 Å². The van der Waals surface area contributed by atoms with Gasteiger partial charge in [0.25, 0.3) is 5.91 Å². The number of carbonyl (C=O) groups excluding carboxylic acids is 2. The number of amides is 1. The van der Waals surface area contributed by atoms with Crippen molar-refractivity contribution in [2.45, 2.75) is 13.3 Å². The van der Waals surface area contributed by atoms with Crippen molar-refractivity contribution in [2.24, 2.45) is 0 Å². The van der Waals surface area contributed by atoms with Gasteiger partial charge in [-0.2, -0.15) is 0 Å². The molecular weight excluding hydrogens is 335 g/mol. The normalized spacial score (nSPS) is 10.7. The molecule has 0 bridgehead atoms. The fourth-order valence-corrected chi connectivity index (χ4v) is 2.88. The second-order valence-electron chi connectivity index (χ2n) is 5.95. The first kappa shape index (κ1) is 17.7. The smallest absolute Gasteiger partial charge is 0.262 e. The van der Waals surface area contributed by atoms with Gasteiger partial charge < -0.3 is 10.1 Å². The first-order valence-electron chi connectivity index (χ1n) is 8.22. The average molecular weight is 354 g/mol. The lowest BCUT2D eigenvalue weighted by atomic mass is 10.1. The van der Waals surface area contributed by atoms with Gasteiger partial charge in [0.15, 0.2) is 0 Å². The molecule has 0 radical (unpaired) electrons. The number of ether oxygens (including phenoxy) is 1. The second-order valence-corrected chi connectivity index (χ2v) is 5.95. The Morgan fingerprint density at radius 2 is 1.88 bits per heavy atom. The topological polar surface area (TPSA) is 60.3 Å². The van der Waals surface area contributed by atoms with E-state index in [1.807, 2.05) is 12.1 Å². The maximum absolute atomic E-state index is 13.1. The Labute approximate surface area is 150 Å². The van der Waals surface area contributed by atoms with Gasteiger partial charge in [-0.15, -0.1) is 0 Å². The number of halogens is 1. The van der Waals surface area contributed by atoms with Gasteiger partial charge in [0.05, 0.1) is 12.6 Å². The number of hydrogen-bond donors (Lipinski definition) is 1. The summed E-state index contributed by atoms with van der Waals surface area (Å²) < 4.78 is 20.0. The summed E-state index contributed by atoms with van der Waals surface area (Å²) in [5.41, 5.74) is 2.05. The third-order valence-electron chi connectivity index (χ3n) is 4.17. The van der Waals surface area contributed by atoms with Crippen molar-refractivity contribution >= 4 is 22.7 Å². The van der Waals surface area contributed by atoms with E-state index in [4.69, 9.17) is 4.74 Å². The highest BCUT2D eigenvalue weighted by Crippen LogP contribution is 2.27. The lowest BCUT2D eigenvalue weighted by Crippen LogP contribution is -2.22. The van der Waals surface area contributed by atoms with E-state index in [0.29, 0.717) is 24.3 Å². The zero-order valence-electron chi connectivity index (χ0n) is 14.6. The molecule has 0 unspecified atom stereocenters. The molecule has 0 atom stereocenters. The number of methoxy groups -OCH3 is 1. The van der Waals surface area contributed by atoms with Crippen LogP contribution in [0.15, 0.2) is 48.7 Å². The number of hydrogen-bond acceptors (Lipinski definition) is 3. The number of rotatable bonds is 5. The van der Waals surface area contributed by atoms with E-state index in [9.17, 15) is 14.0 Å². The third kappa shape index (κ3) is 3.59. The molecular formula is C20H19FN2O3. The fraction of sp³-hybridized carbons (Fsp3) is 0.200. The number of nitrogens with one attached hydrogen (secondary N) is 1. The Kier molecular flexibility index (Phi) is 5.02. The summed E-state index contributed by atoms with van der Waals surface area (Å²) in [6.45, 7) is 1.93. The number of fused-ring (bicyclic) bond motifs is 1. The van der Waals surface area contributed by atoms with Crippen molar-refractivity contribution < 1.29 is 18.7 Å². The molecule has 1 N–H and O–H groups in total. The van der Waals surface area contributed by atoms with Gasteiger partial charge in [-0.1, -0.05) is 0 Å². The van der Waals surface area contributed by atoms with Gasteiger partial charge in [-0.25, -0.2) is 4.39 Å². The zero-order valence-corrected chi connectivity index (χ0v) is 14.6.